The molecule has 3 amide bonds. The molecule has 0 spiro atoms. The third-order valence-corrected chi connectivity index (χ3v) is 8.74. The van der Waals surface area contributed by atoms with Gasteiger partial charge in [0.15, 0.2) is 0 Å². The molecular formula is C32H42N4O5. The second-order valence-corrected chi connectivity index (χ2v) is 11.6. The van der Waals surface area contributed by atoms with Gasteiger partial charge in [-0.3, -0.25) is 14.4 Å². The highest BCUT2D eigenvalue weighted by molar-refractivity contribution is 5.93. The Kier molecular flexibility index (Phi) is 9.25. The third kappa shape index (κ3) is 6.73. The van der Waals surface area contributed by atoms with E-state index in [0.717, 1.165) is 55.4 Å². The van der Waals surface area contributed by atoms with Gasteiger partial charge in [-0.1, -0.05) is 55.5 Å². The first-order chi connectivity index (χ1) is 19.9. The summed E-state index contributed by atoms with van der Waals surface area (Å²) in [5.74, 6) is -0.326. The van der Waals surface area contributed by atoms with Gasteiger partial charge in [0.25, 0.3) is 0 Å². The van der Waals surface area contributed by atoms with Crippen molar-refractivity contribution < 1.29 is 24.2 Å². The summed E-state index contributed by atoms with van der Waals surface area (Å²) in [7, 11) is 1.55. The molecule has 9 nitrogen and oxygen atoms in total. The zero-order chi connectivity index (χ0) is 28.9. The lowest BCUT2D eigenvalue weighted by atomic mass is 9.92. The van der Waals surface area contributed by atoms with E-state index in [1.54, 1.807) is 7.05 Å². The minimum Gasteiger partial charge on any atom is -0.489 e. The lowest BCUT2D eigenvalue weighted by Gasteiger charge is -2.33. The number of rotatable bonds is 4. The second-order valence-electron chi connectivity index (χ2n) is 11.6. The molecule has 0 radical (unpaired) electrons. The molecule has 41 heavy (non-hydrogen) atoms. The Morgan fingerprint density at radius 1 is 0.976 bits per heavy atom. The van der Waals surface area contributed by atoms with Crippen LogP contribution in [0, 0.1) is 5.92 Å². The first-order valence-electron chi connectivity index (χ1n) is 14.9. The number of carbonyl (C=O) groups excluding carboxylic acids is 3. The van der Waals surface area contributed by atoms with Crippen LogP contribution in [0.1, 0.15) is 55.2 Å². The van der Waals surface area contributed by atoms with Gasteiger partial charge in [0.05, 0.1) is 12.6 Å². The molecule has 2 aliphatic heterocycles. The summed E-state index contributed by atoms with van der Waals surface area (Å²) in [4.78, 5) is 42.1. The maximum Gasteiger partial charge on any atom is 0.245 e. The number of carbonyl (C=O) groups is 3. The van der Waals surface area contributed by atoms with E-state index in [1.807, 2.05) is 37.3 Å². The zero-order valence-corrected chi connectivity index (χ0v) is 24.0. The summed E-state index contributed by atoms with van der Waals surface area (Å²) in [6, 6.07) is 13.3. The van der Waals surface area contributed by atoms with Gasteiger partial charge in [-0.25, -0.2) is 0 Å². The lowest BCUT2D eigenvalue weighted by molar-refractivity contribution is -0.143. The van der Waals surface area contributed by atoms with Crippen molar-refractivity contribution >= 4 is 17.7 Å². The van der Waals surface area contributed by atoms with Crippen molar-refractivity contribution in [3.8, 4) is 5.75 Å². The zero-order valence-electron chi connectivity index (χ0n) is 24.0. The average molecular weight is 563 g/mol. The van der Waals surface area contributed by atoms with E-state index in [2.05, 4.69) is 34.1 Å². The second kappa shape index (κ2) is 13.0. The van der Waals surface area contributed by atoms with E-state index < -0.39 is 30.6 Å². The summed E-state index contributed by atoms with van der Waals surface area (Å²) in [6.07, 6.45) is 5.01. The predicted molar refractivity (Wildman–Crippen MR) is 155 cm³/mol. The summed E-state index contributed by atoms with van der Waals surface area (Å²) >= 11 is 0. The topological polar surface area (TPSA) is 120 Å². The van der Waals surface area contributed by atoms with Crippen LogP contribution in [0.3, 0.4) is 0 Å². The van der Waals surface area contributed by atoms with E-state index in [1.165, 1.54) is 10.5 Å². The monoisotopic (exact) mass is 562 g/mol. The highest BCUT2D eigenvalue weighted by Gasteiger charge is 2.41. The number of likely N-dealkylation sites (N-methyl/N-ethyl adjacent to an activating group) is 1. The molecular weight excluding hydrogens is 520 g/mol. The van der Waals surface area contributed by atoms with E-state index in [-0.39, 0.29) is 29.8 Å². The van der Waals surface area contributed by atoms with Crippen molar-refractivity contribution in [2.45, 2.75) is 75.6 Å². The highest BCUT2D eigenvalue weighted by Crippen LogP contribution is 2.35. The van der Waals surface area contributed by atoms with Crippen molar-refractivity contribution in [2.75, 3.05) is 26.7 Å². The number of aliphatic hydroxyl groups excluding tert-OH is 1. The molecule has 0 aromatic heterocycles. The Balaban J connectivity index is 1.43. The maximum atomic E-state index is 13.7. The summed E-state index contributed by atoms with van der Waals surface area (Å²) in [5, 5.41) is 19.6. The van der Waals surface area contributed by atoms with Crippen LogP contribution >= 0.6 is 0 Å². The third-order valence-electron chi connectivity index (χ3n) is 8.74. The number of nitrogens with zero attached hydrogens (tertiary/aromatic N) is 1. The van der Waals surface area contributed by atoms with Gasteiger partial charge in [0.1, 0.15) is 23.9 Å². The number of benzene rings is 2. The molecule has 2 aromatic carbocycles. The Morgan fingerprint density at radius 3 is 2.41 bits per heavy atom. The SMILES string of the molecule is CC(c1ccccc1)[C@H]1NC(=O)[C@H](CO)N(C)C(=O)[C@H](C2CC2)NCC2CCc3cccc(c3O2)CCCNC1=O. The number of fused-ring (bicyclic) bond motifs is 1. The van der Waals surface area contributed by atoms with Crippen LogP contribution in [0.4, 0.5) is 0 Å². The van der Waals surface area contributed by atoms with E-state index in [0.29, 0.717) is 13.1 Å². The molecule has 4 N–H and O–H groups in total. The Bertz CT molecular complexity index is 1230. The van der Waals surface area contributed by atoms with Crippen molar-refractivity contribution in [1.29, 1.82) is 0 Å². The van der Waals surface area contributed by atoms with Crippen LogP contribution in [0.5, 0.6) is 5.75 Å². The minimum absolute atomic E-state index is 0.0706. The average Bonchev–Trinajstić information content (AvgIpc) is 3.83. The van der Waals surface area contributed by atoms with Crippen LogP contribution in [0.15, 0.2) is 48.5 Å². The van der Waals surface area contributed by atoms with Gasteiger partial charge in [-0.15, -0.1) is 0 Å². The first-order valence-corrected chi connectivity index (χ1v) is 14.9. The molecule has 2 unspecified atom stereocenters. The van der Waals surface area contributed by atoms with Gasteiger partial charge in [0.2, 0.25) is 17.7 Å². The van der Waals surface area contributed by atoms with Crippen molar-refractivity contribution in [3.63, 3.8) is 0 Å². The molecule has 2 heterocycles. The lowest BCUT2D eigenvalue weighted by Crippen LogP contribution is -2.59. The molecule has 1 fully saturated rings. The van der Waals surface area contributed by atoms with Crippen LogP contribution in [-0.4, -0.2) is 78.7 Å². The van der Waals surface area contributed by atoms with Gasteiger partial charge < -0.3 is 30.7 Å². The summed E-state index contributed by atoms with van der Waals surface area (Å²) in [5.41, 5.74) is 3.21. The number of ether oxygens (including phenoxy) is 1. The standard InChI is InChI=1S/C32H42N4O5/c1-20(21-8-4-3-5-9-21)27-31(39)33-17-7-12-23-10-6-11-24-15-16-25(41-29(23)24)18-34-28(22-13-14-22)32(40)36(2)26(19-37)30(38)35-27/h3-6,8-11,20,22,25-28,34,37H,7,12-19H2,1-2H3,(H,33,39)(H,35,38)/t20?,25?,26-,27+,28-/m0/s1. The van der Waals surface area contributed by atoms with Gasteiger partial charge in [0, 0.05) is 26.1 Å². The molecule has 5 rings (SSSR count). The molecule has 1 saturated carbocycles. The van der Waals surface area contributed by atoms with E-state index in [9.17, 15) is 19.5 Å². The minimum atomic E-state index is -1.12. The first kappa shape index (κ1) is 29.1. The van der Waals surface area contributed by atoms with Crippen LogP contribution in [-0.2, 0) is 27.2 Å². The number of hydrogen-bond acceptors (Lipinski definition) is 6. The highest BCUT2D eigenvalue weighted by atomic mass is 16.5. The van der Waals surface area contributed by atoms with Crippen LogP contribution in [0.2, 0.25) is 0 Å². The van der Waals surface area contributed by atoms with Gasteiger partial charge in [-0.2, -0.15) is 0 Å². The fourth-order valence-corrected chi connectivity index (χ4v) is 5.98. The number of amides is 3. The molecule has 2 bridgehead atoms. The maximum absolute atomic E-state index is 13.7. The number of nitrogens with one attached hydrogen (secondary N) is 3. The largest absolute Gasteiger partial charge is 0.489 e. The van der Waals surface area contributed by atoms with E-state index in [4.69, 9.17) is 4.74 Å². The normalized spacial score (nSPS) is 27.1. The molecule has 2 aromatic rings. The van der Waals surface area contributed by atoms with Gasteiger partial charge in [-0.05, 0) is 61.1 Å². The Labute approximate surface area is 242 Å². The Hall–Kier alpha value is -3.43. The van der Waals surface area contributed by atoms with Crippen molar-refractivity contribution in [1.82, 2.24) is 20.9 Å². The van der Waals surface area contributed by atoms with E-state index >= 15 is 0 Å². The smallest absolute Gasteiger partial charge is 0.245 e. The molecule has 220 valence electrons. The molecule has 1 aliphatic carbocycles. The van der Waals surface area contributed by atoms with Crippen molar-refractivity contribution in [2.24, 2.45) is 5.92 Å². The Morgan fingerprint density at radius 2 is 1.71 bits per heavy atom. The van der Waals surface area contributed by atoms with Crippen LogP contribution in [0.25, 0.3) is 0 Å². The quantitative estimate of drug-likeness (QED) is 0.452. The number of para-hydroxylation sites is 1. The fraction of sp³-hybridized carbons (Fsp3) is 0.531. The molecule has 0 saturated heterocycles. The number of aryl methyl sites for hydroxylation is 2. The molecule has 3 aliphatic rings. The summed E-state index contributed by atoms with van der Waals surface area (Å²) in [6.45, 7) is 2.31. The molecule has 9 heteroatoms. The molecule has 5 atom stereocenters. The van der Waals surface area contributed by atoms with Gasteiger partial charge >= 0.3 is 0 Å². The number of hydrogen-bond donors (Lipinski definition) is 4. The van der Waals surface area contributed by atoms with Crippen molar-refractivity contribution in [3.05, 3.63) is 65.2 Å². The summed E-state index contributed by atoms with van der Waals surface area (Å²) < 4.78 is 6.47. The predicted octanol–water partition coefficient (Wildman–Crippen LogP) is 1.92. The fourth-order valence-electron chi connectivity index (χ4n) is 5.98. The van der Waals surface area contributed by atoms with Crippen LogP contribution < -0.4 is 20.7 Å². The number of aliphatic hydroxyl groups is 1.